The van der Waals surface area contributed by atoms with Gasteiger partial charge in [-0.1, -0.05) is 18.2 Å². The molecule has 1 atom stereocenters. The highest BCUT2D eigenvalue weighted by molar-refractivity contribution is 7.53. The lowest BCUT2D eigenvalue weighted by Crippen LogP contribution is -2.20. The minimum atomic E-state index is -4.77. The number of aromatic nitrogens is 4. The van der Waals surface area contributed by atoms with Gasteiger partial charge in [0, 0.05) is 37.2 Å². The summed E-state index contributed by atoms with van der Waals surface area (Å²) >= 11 is 0. The number of carbonyl (C=O) groups is 1. The number of amides is 1. The molecule has 0 aliphatic carbocycles. The summed E-state index contributed by atoms with van der Waals surface area (Å²) in [6.07, 6.45) is -0.164. The van der Waals surface area contributed by atoms with Crippen LogP contribution < -0.4 is 16.0 Å². The van der Waals surface area contributed by atoms with E-state index in [0.29, 0.717) is 41.5 Å². The van der Waals surface area contributed by atoms with Crippen LogP contribution in [-0.2, 0) is 32.5 Å². The Morgan fingerprint density at radius 3 is 2.65 bits per heavy atom. The average molecular weight is 616 g/mol. The Morgan fingerprint density at radius 1 is 1.14 bits per heavy atom. The molecule has 2 aromatic carbocycles. The van der Waals surface area contributed by atoms with Gasteiger partial charge in [0.1, 0.15) is 11.4 Å². The maximum absolute atomic E-state index is 14.0. The third kappa shape index (κ3) is 7.22. The van der Waals surface area contributed by atoms with E-state index in [1.807, 2.05) is 0 Å². The van der Waals surface area contributed by atoms with Crippen LogP contribution in [0.5, 0.6) is 0 Å². The van der Waals surface area contributed by atoms with Crippen LogP contribution in [0.15, 0.2) is 61.1 Å². The molecule has 43 heavy (non-hydrogen) atoms. The SMILES string of the molecule is CCOP1(=O)Cc2ccc(cc2)Nc2ncc(C(F)(F)F)c(n2)Nc2ccc(cc2C(=O)NC)-c2cnn(c2)CCCO1. The van der Waals surface area contributed by atoms with Gasteiger partial charge in [0.15, 0.2) is 0 Å². The van der Waals surface area contributed by atoms with E-state index in [0.717, 1.165) is 0 Å². The second-order valence-electron chi connectivity index (χ2n) is 9.61. The maximum atomic E-state index is 14.0. The number of alkyl halides is 3. The summed E-state index contributed by atoms with van der Waals surface area (Å²) in [7, 11) is -2.03. The summed E-state index contributed by atoms with van der Waals surface area (Å²) in [5.41, 5.74) is 1.59. The Morgan fingerprint density at radius 2 is 1.93 bits per heavy atom. The lowest BCUT2D eigenvalue weighted by molar-refractivity contribution is -0.137. The summed E-state index contributed by atoms with van der Waals surface area (Å²) in [6.45, 7) is 2.59. The Balaban J connectivity index is 1.58. The van der Waals surface area contributed by atoms with E-state index < -0.39 is 31.1 Å². The van der Waals surface area contributed by atoms with Gasteiger partial charge >= 0.3 is 13.8 Å². The average Bonchev–Trinajstić information content (AvgIpc) is 3.44. The molecule has 1 amide bonds. The van der Waals surface area contributed by atoms with Gasteiger partial charge < -0.3 is 25.0 Å². The first-order valence-corrected chi connectivity index (χ1v) is 15.1. The van der Waals surface area contributed by atoms with Gasteiger partial charge in [-0.2, -0.15) is 23.3 Å². The smallest absolute Gasteiger partial charge is 0.355 e. The molecule has 15 heteroatoms. The van der Waals surface area contributed by atoms with Gasteiger partial charge in [-0.25, -0.2) is 4.98 Å². The van der Waals surface area contributed by atoms with Crippen LogP contribution in [0.4, 0.5) is 36.3 Å². The standard InChI is InChI=1S/C28H29F3N7O4P/c1-3-41-43(40)17-18-5-8-21(9-6-18)35-27-33-15-23(28(29,30)31)25(37-27)36-24-10-7-19(13-22(24)26(39)32-2)20-14-34-38(16-20)11-4-12-42-43/h5-10,13-16H,3-4,11-12,17H2,1-2H3,(H,32,39)(H2,33,35,36,37). The molecule has 6 heterocycles. The molecule has 0 radical (unpaired) electrons. The number of aryl methyl sites for hydroxylation is 1. The van der Waals surface area contributed by atoms with Gasteiger partial charge in [-0.15, -0.1) is 0 Å². The van der Waals surface area contributed by atoms with Gasteiger partial charge in [-0.05, 0) is 48.7 Å². The highest BCUT2D eigenvalue weighted by atomic mass is 31.2. The van der Waals surface area contributed by atoms with Crippen molar-refractivity contribution >= 4 is 36.6 Å². The van der Waals surface area contributed by atoms with Crippen molar-refractivity contribution in [2.24, 2.45) is 0 Å². The highest BCUT2D eigenvalue weighted by Crippen LogP contribution is 2.51. The van der Waals surface area contributed by atoms with E-state index in [9.17, 15) is 22.5 Å². The van der Waals surface area contributed by atoms with Crippen molar-refractivity contribution < 1.29 is 31.6 Å². The van der Waals surface area contributed by atoms with Crippen LogP contribution in [0, 0.1) is 0 Å². The minimum Gasteiger partial charge on any atom is -0.355 e. The number of rotatable bonds is 3. The van der Waals surface area contributed by atoms with Crippen molar-refractivity contribution in [3.63, 3.8) is 0 Å². The second-order valence-corrected chi connectivity index (χ2v) is 11.7. The number of hydrogen-bond acceptors (Lipinski definition) is 9. The fourth-order valence-electron chi connectivity index (χ4n) is 4.46. The van der Waals surface area contributed by atoms with Crippen LogP contribution in [0.3, 0.4) is 0 Å². The van der Waals surface area contributed by atoms with Crippen molar-refractivity contribution in [3.8, 4) is 11.1 Å². The molecule has 1 unspecified atom stereocenters. The molecule has 4 aliphatic heterocycles. The Bertz CT molecular complexity index is 1660. The van der Waals surface area contributed by atoms with Gasteiger partial charge in [0.25, 0.3) is 5.91 Å². The normalized spacial score (nSPS) is 17.3. The molecule has 0 saturated heterocycles. The van der Waals surface area contributed by atoms with Crippen molar-refractivity contribution in [2.45, 2.75) is 32.2 Å². The highest BCUT2D eigenvalue weighted by Gasteiger charge is 2.36. The summed E-state index contributed by atoms with van der Waals surface area (Å²) in [4.78, 5) is 20.8. The topological polar surface area (TPSA) is 132 Å². The Kier molecular flexibility index (Phi) is 8.81. The zero-order chi connectivity index (χ0) is 30.6. The predicted molar refractivity (Wildman–Crippen MR) is 155 cm³/mol. The molecule has 4 aliphatic rings. The number of carbonyl (C=O) groups excluding carboxylic acids is 1. The van der Waals surface area contributed by atoms with Crippen LogP contribution in [-0.4, -0.2) is 45.9 Å². The molecule has 3 N–H and O–H groups in total. The summed E-state index contributed by atoms with van der Waals surface area (Å²) < 4.78 is 68.2. The molecule has 8 rings (SSSR count). The first-order valence-electron chi connectivity index (χ1n) is 13.4. The Hall–Kier alpha value is -4.26. The number of benzene rings is 2. The monoisotopic (exact) mass is 615 g/mol. The molecular formula is C28H29F3N7O4P. The predicted octanol–water partition coefficient (Wildman–Crippen LogP) is 6.36. The van der Waals surface area contributed by atoms with E-state index in [4.69, 9.17) is 9.05 Å². The van der Waals surface area contributed by atoms with Crippen LogP contribution in [0.1, 0.15) is 34.8 Å². The molecule has 4 aromatic rings. The lowest BCUT2D eigenvalue weighted by Gasteiger charge is -2.18. The van der Waals surface area contributed by atoms with Crippen molar-refractivity contribution in [1.82, 2.24) is 25.1 Å². The summed E-state index contributed by atoms with van der Waals surface area (Å²) in [5, 5.41) is 12.5. The van der Waals surface area contributed by atoms with Gasteiger partial charge in [-0.3, -0.25) is 14.0 Å². The number of halogens is 3. The number of hydrogen-bond donors (Lipinski definition) is 3. The summed E-state index contributed by atoms with van der Waals surface area (Å²) in [6, 6.07) is 11.5. The third-order valence-electron chi connectivity index (χ3n) is 6.54. The van der Waals surface area contributed by atoms with Crippen LogP contribution >= 0.6 is 7.60 Å². The zero-order valence-electron chi connectivity index (χ0n) is 23.3. The minimum absolute atomic E-state index is 0.0428. The molecule has 8 bridgehead atoms. The molecule has 2 aromatic heterocycles. The molecule has 11 nitrogen and oxygen atoms in total. The first kappa shape index (κ1) is 30.2. The molecule has 0 spiro atoms. The van der Waals surface area contributed by atoms with Crippen molar-refractivity contribution in [3.05, 3.63) is 77.7 Å². The van der Waals surface area contributed by atoms with Gasteiger partial charge in [0.2, 0.25) is 5.95 Å². The van der Waals surface area contributed by atoms with Crippen molar-refractivity contribution in [2.75, 3.05) is 30.9 Å². The fourth-order valence-corrected chi connectivity index (χ4v) is 6.18. The largest absolute Gasteiger partial charge is 0.421 e. The molecule has 0 fully saturated rings. The molecule has 0 saturated carbocycles. The quantitative estimate of drug-likeness (QED) is 0.225. The van der Waals surface area contributed by atoms with Crippen molar-refractivity contribution in [1.29, 1.82) is 0 Å². The lowest BCUT2D eigenvalue weighted by atomic mass is 10.0. The van der Waals surface area contributed by atoms with E-state index in [-0.39, 0.29) is 36.6 Å². The van der Waals surface area contributed by atoms with Gasteiger partial charge in [0.05, 0.1) is 36.8 Å². The second kappa shape index (κ2) is 12.5. The molecule has 226 valence electrons. The van der Waals surface area contributed by atoms with Crippen LogP contribution in [0.25, 0.3) is 11.1 Å². The first-order chi connectivity index (χ1) is 20.6. The van der Waals surface area contributed by atoms with Crippen LogP contribution in [0.2, 0.25) is 0 Å². The zero-order valence-corrected chi connectivity index (χ0v) is 24.2. The number of anilines is 4. The third-order valence-corrected chi connectivity index (χ3v) is 8.52. The summed E-state index contributed by atoms with van der Waals surface area (Å²) in [5.74, 6) is -1.16. The fraction of sp³-hybridized carbons (Fsp3) is 0.286. The van der Waals surface area contributed by atoms with E-state index in [2.05, 4.69) is 31.0 Å². The Labute approximate surface area is 245 Å². The van der Waals surface area contributed by atoms with E-state index >= 15 is 0 Å². The number of nitrogens with one attached hydrogen (secondary N) is 3. The number of nitrogens with zero attached hydrogens (tertiary/aromatic N) is 4. The van der Waals surface area contributed by atoms with E-state index in [1.165, 1.54) is 13.1 Å². The maximum Gasteiger partial charge on any atom is 0.421 e. The van der Waals surface area contributed by atoms with E-state index in [1.54, 1.807) is 60.4 Å². The molecular weight excluding hydrogens is 586 g/mol.